The maximum atomic E-state index is 12.7. The molecule has 0 unspecified atom stereocenters. The van der Waals surface area contributed by atoms with Crippen LogP contribution in [0.25, 0.3) is 0 Å². The molecule has 3 rings (SSSR count). The van der Waals surface area contributed by atoms with Crippen LogP contribution in [0, 0.1) is 5.41 Å². The van der Waals surface area contributed by atoms with Crippen molar-refractivity contribution in [1.29, 1.82) is 0 Å². The minimum atomic E-state index is -0.0774. The SMILES string of the molecule is CN(C)c1ccccc1CC1(CNC(=O)c2ccccc2Cl)CCCCC1. The molecule has 0 aromatic heterocycles. The van der Waals surface area contributed by atoms with Gasteiger partial charge in [-0.3, -0.25) is 4.79 Å². The second kappa shape index (κ2) is 8.79. The fourth-order valence-electron chi connectivity index (χ4n) is 4.23. The smallest absolute Gasteiger partial charge is 0.252 e. The molecule has 4 heteroatoms. The molecule has 144 valence electrons. The summed E-state index contributed by atoms with van der Waals surface area (Å²) in [5.41, 5.74) is 3.29. The number of hydrogen-bond acceptors (Lipinski definition) is 2. The second-order valence-electron chi connectivity index (χ2n) is 7.92. The molecule has 0 bridgehead atoms. The zero-order valence-corrected chi connectivity index (χ0v) is 17.1. The van der Waals surface area contributed by atoms with Crippen LogP contribution in [0.2, 0.25) is 5.02 Å². The molecule has 0 atom stereocenters. The Labute approximate surface area is 167 Å². The molecule has 0 radical (unpaired) electrons. The number of carbonyl (C=O) groups is 1. The Balaban J connectivity index is 1.78. The minimum absolute atomic E-state index is 0.0774. The number of benzene rings is 2. The third kappa shape index (κ3) is 4.84. The highest BCUT2D eigenvalue weighted by Gasteiger charge is 2.33. The highest BCUT2D eigenvalue weighted by Crippen LogP contribution is 2.40. The molecule has 1 aliphatic carbocycles. The molecule has 3 nitrogen and oxygen atoms in total. The minimum Gasteiger partial charge on any atom is -0.377 e. The molecule has 0 spiro atoms. The van der Waals surface area contributed by atoms with Gasteiger partial charge in [-0.2, -0.15) is 0 Å². The Morgan fingerprint density at radius 1 is 1.04 bits per heavy atom. The van der Waals surface area contributed by atoms with Gasteiger partial charge in [-0.25, -0.2) is 0 Å². The van der Waals surface area contributed by atoms with Gasteiger partial charge in [0.2, 0.25) is 0 Å². The van der Waals surface area contributed by atoms with E-state index in [1.807, 2.05) is 12.1 Å². The van der Waals surface area contributed by atoms with Crippen molar-refractivity contribution in [1.82, 2.24) is 5.32 Å². The molecule has 1 aliphatic rings. The summed E-state index contributed by atoms with van der Waals surface area (Å²) in [5.74, 6) is -0.0774. The maximum absolute atomic E-state index is 12.7. The predicted octanol–water partition coefficient (Wildman–Crippen LogP) is 5.33. The quantitative estimate of drug-likeness (QED) is 0.730. The van der Waals surface area contributed by atoms with E-state index in [4.69, 9.17) is 11.6 Å². The highest BCUT2D eigenvalue weighted by molar-refractivity contribution is 6.33. The van der Waals surface area contributed by atoms with E-state index in [0.29, 0.717) is 17.1 Å². The molecular weight excluding hydrogens is 356 g/mol. The van der Waals surface area contributed by atoms with Gasteiger partial charge in [-0.05, 0) is 48.4 Å². The molecule has 1 N–H and O–H groups in total. The van der Waals surface area contributed by atoms with E-state index in [9.17, 15) is 4.79 Å². The topological polar surface area (TPSA) is 32.3 Å². The first-order chi connectivity index (χ1) is 13.0. The lowest BCUT2D eigenvalue weighted by molar-refractivity contribution is 0.0908. The van der Waals surface area contributed by atoms with E-state index in [2.05, 4.69) is 48.6 Å². The number of nitrogens with zero attached hydrogens (tertiary/aromatic N) is 1. The first kappa shape index (κ1) is 19.8. The standard InChI is InChI=1S/C23H29ClN2O/c1-26(2)21-13-7-4-10-18(21)16-23(14-8-3-9-15-23)17-25-22(27)19-11-5-6-12-20(19)24/h4-7,10-13H,3,8-9,14-17H2,1-2H3,(H,25,27). The molecule has 0 heterocycles. The molecule has 0 aliphatic heterocycles. The van der Waals surface area contributed by atoms with Gasteiger partial charge in [0.15, 0.2) is 0 Å². The van der Waals surface area contributed by atoms with Gasteiger partial charge in [0.05, 0.1) is 10.6 Å². The van der Waals surface area contributed by atoms with Gasteiger partial charge >= 0.3 is 0 Å². The van der Waals surface area contributed by atoms with Crippen molar-refractivity contribution >= 4 is 23.2 Å². The van der Waals surface area contributed by atoms with Gasteiger partial charge in [-0.15, -0.1) is 0 Å². The van der Waals surface area contributed by atoms with Crippen molar-refractivity contribution in [3.05, 3.63) is 64.7 Å². The van der Waals surface area contributed by atoms with Crippen molar-refractivity contribution in [2.75, 3.05) is 25.5 Å². The molecule has 1 amide bonds. The predicted molar refractivity (Wildman–Crippen MR) is 114 cm³/mol. The number of amides is 1. The van der Waals surface area contributed by atoms with Crippen LogP contribution in [0.3, 0.4) is 0 Å². The van der Waals surface area contributed by atoms with Crippen molar-refractivity contribution in [2.45, 2.75) is 38.5 Å². The normalized spacial score (nSPS) is 16.0. The van der Waals surface area contributed by atoms with Crippen molar-refractivity contribution < 1.29 is 4.79 Å². The summed E-state index contributed by atoms with van der Waals surface area (Å²) in [6, 6.07) is 15.8. The third-order valence-corrected chi connectivity index (χ3v) is 6.03. The molecule has 0 saturated heterocycles. The van der Waals surface area contributed by atoms with E-state index >= 15 is 0 Å². The summed E-state index contributed by atoms with van der Waals surface area (Å²) in [5, 5.41) is 3.69. The van der Waals surface area contributed by atoms with Crippen LogP contribution in [0.4, 0.5) is 5.69 Å². The van der Waals surface area contributed by atoms with Gasteiger partial charge < -0.3 is 10.2 Å². The van der Waals surface area contributed by atoms with Gasteiger partial charge in [0.1, 0.15) is 0 Å². The summed E-state index contributed by atoms with van der Waals surface area (Å²) in [6.45, 7) is 0.693. The molecule has 2 aromatic rings. The number of nitrogens with one attached hydrogen (secondary N) is 1. The lowest BCUT2D eigenvalue weighted by atomic mass is 9.70. The maximum Gasteiger partial charge on any atom is 0.252 e. The Hall–Kier alpha value is -2.00. The van der Waals surface area contributed by atoms with Gasteiger partial charge in [0, 0.05) is 26.3 Å². The number of carbonyl (C=O) groups excluding carboxylic acids is 1. The highest BCUT2D eigenvalue weighted by atomic mass is 35.5. The van der Waals surface area contributed by atoms with Crippen LogP contribution in [0.15, 0.2) is 48.5 Å². The second-order valence-corrected chi connectivity index (χ2v) is 8.33. The first-order valence-electron chi connectivity index (χ1n) is 9.79. The average Bonchev–Trinajstić information content (AvgIpc) is 2.67. The fourth-order valence-corrected chi connectivity index (χ4v) is 4.45. The van der Waals surface area contributed by atoms with Crippen molar-refractivity contribution in [2.24, 2.45) is 5.41 Å². The summed E-state index contributed by atoms with van der Waals surface area (Å²) in [7, 11) is 4.18. The summed E-state index contributed by atoms with van der Waals surface area (Å²) < 4.78 is 0. The number of para-hydroxylation sites is 1. The Morgan fingerprint density at radius 2 is 1.70 bits per heavy atom. The Bertz CT molecular complexity index is 781. The average molecular weight is 385 g/mol. The van der Waals surface area contributed by atoms with E-state index < -0.39 is 0 Å². The van der Waals surface area contributed by atoms with Gasteiger partial charge in [0.25, 0.3) is 5.91 Å². The largest absolute Gasteiger partial charge is 0.377 e. The number of anilines is 1. The Kier molecular flexibility index (Phi) is 6.43. The van der Waals surface area contributed by atoms with E-state index in [1.54, 1.807) is 12.1 Å². The molecule has 1 fully saturated rings. The molecule has 27 heavy (non-hydrogen) atoms. The van der Waals surface area contributed by atoms with Crippen LogP contribution < -0.4 is 10.2 Å². The van der Waals surface area contributed by atoms with Crippen LogP contribution >= 0.6 is 11.6 Å². The van der Waals surface area contributed by atoms with Crippen molar-refractivity contribution in [3.8, 4) is 0 Å². The van der Waals surface area contributed by atoms with E-state index in [0.717, 1.165) is 19.3 Å². The Morgan fingerprint density at radius 3 is 2.41 bits per heavy atom. The summed E-state index contributed by atoms with van der Waals surface area (Å²) >= 11 is 6.19. The molecular formula is C23H29ClN2O. The van der Waals surface area contributed by atoms with E-state index in [-0.39, 0.29) is 11.3 Å². The molecule has 1 saturated carbocycles. The van der Waals surface area contributed by atoms with Crippen molar-refractivity contribution in [3.63, 3.8) is 0 Å². The van der Waals surface area contributed by atoms with Crippen LogP contribution in [0.5, 0.6) is 0 Å². The first-order valence-corrected chi connectivity index (χ1v) is 10.2. The van der Waals surface area contributed by atoms with Crippen LogP contribution in [-0.4, -0.2) is 26.5 Å². The van der Waals surface area contributed by atoms with Gasteiger partial charge in [-0.1, -0.05) is 61.2 Å². The monoisotopic (exact) mass is 384 g/mol. The lowest BCUT2D eigenvalue weighted by Gasteiger charge is -2.38. The van der Waals surface area contributed by atoms with Crippen LogP contribution in [-0.2, 0) is 6.42 Å². The van der Waals surface area contributed by atoms with E-state index in [1.165, 1.54) is 30.5 Å². The van der Waals surface area contributed by atoms with Crippen LogP contribution in [0.1, 0.15) is 48.0 Å². The summed E-state index contributed by atoms with van der Waals surface area (Å²) in [4.78, 5) is 14.8. The number of rotatable bonds is 6. The lowest BCUT2D eigenvalue weighted by Crippen LogP contribution is -2.40. The zero-order chi connectivity index (χ0) is 19.3. The summed E-state index contributed by atoms with van der Waals surface area (Å²) in [6.07, 6.45) is 7.03. The zero-order valence-electron chi connectivity index (χ0n) is 16.3. The number of halogens is 1. The fraction of sp³-hybridized carbons (Fsp3) is 0.435. The third-order valence-electron chi connectivity index (χ3n) is 5.70. The number of hydrogen-bond donors (Lipinski definition) is 1. The molecule has 2 aromatic carbocycles.